The van der Waals surface area contributed by atoms with Crippen molar-refractivity contribution in [1.29, 1.82) is 0 Å². The number of amides is 2. The third-order valence-corrected chi connectivity index (χ3v) is 4.91. The molecule has 0 unspecified atom stereocenters. The summed E-state index contributed by atoms with van der Waals surface area (Å²) in [5, 5.41) is -0.173. The smallest absolute Gasteiger partial charge is 0.268 e. The Labute approximate surface area is 146 Å². The highest BCUT2D eigenvalue weighted by Gasteiger charge is 2.37. The highest BCUT2D eigenvalue weighted by molar-refractivity contribution is 8.18. The van der Waals surface area contributed by atoms with Gasteiger partial charge in [-0.15, -0.1) is 0 Å². The number of hydrogen-bond donors (Lipinski definition) is 0. The van der Waals surface area contributed by atoms with Crippen LogP contribution in [0.4, 0.5) is 4.79 Å². The maximum atomic E-state index is 12.8. The molecule has 4 heteroatoms. The average molecular weight is 337 g/mol. The predicted octanol–water partition coefficient (Wildman–Crippen LogP) is 4.94. The van der Waals surface area contributed by atoms with Gasteiger partial charge in [0.25, 0.3) is 11.1 Å². The Hall–Kier alpha value is -2.33. The van der Waals surface area contributed by atoms with E-state index in [0.717, 1.165) is 41.3 Å². The Bertz CT molecular complexity index is 727. The first-order valence-corrected chi connectivity index (χ1v) is 8.92. The van der Waals surface area contributed by atoms with Crippen LogP contribution in [0.3, 0.4) is 0 Å². The normalized spacial score (nSPS) is 14.4. The number of rotatable bonds is 5. The van der Waals surface area contributed by atoms with Gasteiger partial charge in [0.15, 0.2) is 0 Å². The molecule has 0 aromatic heterocycles. The molecule has 1 aliphatic heterocycles. The maximum Gasteiger partial charge on any atom is 0.293 e. The highest BCUT2D eigenvalue weighted by atomic mass is 32.2. The van der Waals surface area contributed by atoms with Gasteiger partial charge in [-0.25, -0.2) is 0 Å². The van der Waals surface area contributed by atoms with Crippen molar-refractivity contribution in [3.63, 3.8) is 0 Å². The minimum absolute atomic E-state index is 0.173. The van der Waals surface area contributed by atoms with Gasteiger partial charge >= 0.3 is 0 Å². The Balaban J connectivity index is 2.10. The molecule has 0 saturated carbocycles. The molecular formula is C20H19NO2S. The lowest BCUT2D eigenvalue weighted by Crippen LogP contribution is -2.29. The fourth-order valence-corrected chi connectivity index (χ4v) is 3.69. The van der Waals surface area contributed by atoms with Gasteiger partial charge in [0.2, 0.25) is 0 Å². The first-order chi connectivity index (χ1) is 11.7. The van der Waals surface area contributed by atoms with Gasteiger partial charge in [-0.1, -0.05) is 74.0 Å². The Morgan fingerprint density at radius 2 is 1.46 bits per heavy atom. The number of imide groups is 1. The molecule has 0 radical (unpaired) electrons. The minimum Gasteiger partial charge on any atom is -0.268 e. The predicted molar refractivity (Wildman–Crippen MR) is 98.5 cm³/mol. The summed E-state index contributed by atoms with van der Waals surface area (Å²) >= 11 is 1.05. The summed E-state index contributed by atoms with van der Waals surface area (Å²) in [7, 11) is 0. The first kappa shape index (κ1) is 16.5. The number of carbonyl (C=O) groups is 2. The van der Waals surface area contributed by atoms with Gasteiger partial charge in [-0.3, -0.25) is 14.5 Å². The van der Waals surface area contributed by atoms with E-state index in [1.807, 2.05) is 67.6 Å². The zero-order valence-corrected chi connectivity index (χ0v) is 14.4. The summed E-state index contributed by atoms with van der Waals surface area (Å²) < 4.78 is 0. The summed E-state index contributed by atoms with van der Waals surface area (Å²) in [6.07, 6.45) is 1.78. The van der Waals surface area contributed by atoms with Gasteiger partial charge in [-0.05, 0) is 29.3 Å². The van der Waals surface area contributed by atoms with Crippen molar-refractivity contribution >= 4 is 28.5 Å². The molecule has 24 heavy (non-hydrogen) atoms. The zero-order valence-electron chi connectivity index (χ0n) is 13.6. The number of thioether (sulfide) groups is 1. The van der Waals surface area contributed by atoms with Gasteiger partial charge in [-0.2, -0.15) is 0 Å². The van der Waals surface area contributed by atoms with E-state index in [-0.39, 0.29) is 11.1 Å². The fourth-order valence-electron chi connectivity index (χ4n) is 2.70. The summed E-state index contributed by atoms with van der Waals surface area (Å²) in [6, 6.07) is 19.6. The molecule has 0 atom stereocenters. The number of nitrogens with zero attached hydrogens (tertiary/aromatic N) is 1. The standard InChI is InChI=1S/C20H19NO2S/c1-2-3-14-21-19(22)18(24-20(21)23)17(15-10-6-4-7-11-15)16-12-8-5-9-13-16/h4-13H,2-3,14H2,1H3. The topological polar surface area (TPSA) is 37.4 Å². The second-order valence-electron chi connectivity index (χ2n) is 5.61. The van der Waals surface area contributed by atoms with E-state index < -0.39 is 0 Å². The number of hydrogen-bond acceptors (Lipinski definition) is 3. The van der Waals surface area contributed by atoms with Gasteiger partial charge in [0.05, 0.1) is 4.91 Å². The molecule has 0 bridgehead atoms. The molecule has 1 heterocycles. The van der Waals surface area contributed by atoms with Crippen LogP contribution in [-0.4, -0.2) is 22.6 Å². The van der Waals surface area contributed by atoms with Crippen LogP contribution in [0.25, 0.3) is 5.57 Å². The third-order valence-electron chi connectivity index (χ3n) is 3.94. The minimum atomic E-state index is -0.179. The van der Waals surface area contributed by atoms with Crippen LogP contribution in [0.1, 0.15) is 30.9 Å². The van der Waals surface area contributed by atoms with Crippen LogP contribution in [0, 0.1) is 0 Å². The highest BCUT2D eigenvalue weighted by Crippen LogP contribution is 2.39. The molecule has 3 nitrogen and oxygen atoms in total. The monoisotopic (exact) mass is 337 g/mol. The first-order valence-electron chi connectivity index (χ1n) is 8.11. The molecule has 3 rings (SSSR count). The van der Waals surface area contributed by atoms with E-state index >= 15 is 0 Å². The second-order valence-corrected chi connectivity index (χ2v) is 6.58. The lowest BCUT2D eigenvalue weighted by molar-refractivity contribution is -0.122. The van der Waals surface area contributed by atoms with Crippen molar-refractivity contribution in [3.8, 4) is 0 Å². The SMILES string of the molecule is CCCCN1C(=O)SC(=C(c2ccccc2)c2ccccc2)C1=O. The molecule has 1 saturated heterocycles. The molecule has 1 fully saturated rings. The fraction of sp³-hybridized carbons (Fsp3) is 0.200. The lowest BCUT2D eigenvalue weighted by atomic mass is 9.97. The van der Waals surface area contributed by atoms with E-state index in [0.29, 0.717) is 11.4 Å². The van der Waals surface area contributed by atoms with E-state index in [1.165, 1.54) is 4.90 Å². The van der Waals surface area contributed by atoms with Crippen LogP contribution in [0.15, 0.2) is 65.6 Å². The third kappa shape index (κ3) is 3.29. The Kier molecular flexibility index (Phi) is 5.16. The molecule has 1 aliphatic rings. The van der Waals surface area contributed by atoms with E-state index in [2.05, 4.69) is 0 Å². The number of unbranched alkanes of at least 4 members (excludes halogenated alkanes) is 1. The molecule has 0 aliphatic carbocycles. The lowest BCUT2D eigenvalue weighted by Gasteiger charge is -2.13. The number of carbonyl (C=O) groups excluding carboxylic acids is 2. The van der Waals surface area contributed by atoms with Crippen LogP contribution in [-0.2, 0) is 4.79 Å². The molecule has 0 spiro atoms. The van der Waals surface area contributed by atoms with Gasteiger partial charge < -0.3 is 0 Å². The second kappa shape index (κ2) is 7.49. The van der Waals surface area contributed by atoms with Crippen molar-refractivity contribution < 1.29 is 9.59 Å². The largest absolute Gasteiger partial charge is 0.293 e. The maximum absolute atomic E-state index is 12.8. The quantitative estimate of drug-likeness (QED) is 0.725. The Morgan fingerprint density at radius 3 is 1.96 bits per heavy atom. The summed E-state index contributed by atoms with van der Waals surface area (Å²) in [5.74, 6) is -0.179. The van der Waals surface area contributed by atoms with Crippen LogP contribution < -0.4 is 0 Å². The summed E-state index contributed by atoms with van der Waals surface area (Å²) in [4.78, 5) is 27.0. The summed E-state index contributed by atoms with van der Waals surface area (Å²) in [5.41, 5.74) is 2.73. The van der Waals surface area contributed by atoms with Crippen LogP contribution in [0.5, 0.6) is 0 Å². The van der Waals surface area contributed by atoms with Crippen molar-refractivity contribution in [1.82, 2.24) is 4.90 Å². The average Bonchev–Trinajstić information content (AvgIpc) is 2.89. The molecule has 2 amide bonds. The van der Waals surface area contributed by atoms with E-state index in [4.69, 9.17) is 0 Å². The van der Waals surface area contributed by atoms with Crippen molar-refractivity contribution in [2.45, 2.75) is 19.8 Å². The Morgan fingerprint density at radius 1 is 0.917 bits per heavy atom. The van der Waals surface area contributed by atoms with Crippen LogP contribution >= 0.6 is 11.8 Å². The van der Waals surface area contributed by atoms with Crippen molar-refractivity contribution in [2.75, 3.05) is 6.54 Å². The molecular weight excluding hydrogens is 318 g/mol. The molecule has 2 aromatic carbocycles. The zero-order chi connectivity index (χ0) is 16.9. The van der Waals surface area contributed by atoms with Crippen molar-refractivity contribution in [2.24, 2.45) is 0 Å². The van der Waals surface area contributed by atoms with E-state index in [9.17, 15) is 9.59 Å². The van der Waals surface area contributed by atoms with Gasteiger partial charge in [0.1, 0.15) is 0 Å². The van der Waals surface area contributed by atoms with Crippen LogP contribution in [0.2, 0.25) is 0 Å². The van der Waals surface area contributed by atoms with Crippen molar-refractivity contribution in [3.05, 3.63) is 76.7 Å². The van der Waals surface area contributed by atoms with E-state index in [1.54, 1.807) is 0 Å². The molecule has 122 valence electrons. The number of benzene rings is 2. The molecule has 2 aromatic rings. The summed E-state index contributed by atoms with van der Waals surface area (Å²) in [6.45, 7) is 2.54. The van der Waals surface area contributed by atoms with Gasteiger partial charge in [0, 0.05) is 12.1 Å². The molecule has 0 N–H and O–H groups in total.